The van der Waals surface area contributed by atoms with Crippen LogP contribution in [0.3, 0.4) is 0 Å². The van der Waals surface area contributed by atoms with Crippen molar-refractivity contribution in [3.05, 3.63) is 64.2 Å². The molecule has 2 heterocycles. The molecule has 0 radical (unpaired) electrons. The predicted molar refractivity (Wildman–Crippen MR) is 116 cm³/mol. The quantitative estimate of drug-likeness (QED) is 0.438. The summed E-state index contributed by atoms with van der Waals surface area (Å²) in [5.41, 5.74) is 0.705. The van der Waals surface area contributed by atoms with Crippen LogP contribution in [0.5, 0.6) is 23.0 Å². The minimum Gasteiger partial charge on any atom is -0.497 e. The summed E-state index contributed by atoms with van der Waals surface area (Å²) < 4.78 is 27.2. The lowest BCUT2D eigenvalue weighted by Crippen LogP contribution is -2.09. The molecule has 0 saturated carbocycles. The van der Waals surface area contributed by atoms with Crippen molar-refractivity contribution in [2.24, 2.45) is 0 Å². The third kappa shape index (κ3) is 3.53. The van der Waals surface area contributed by atoms with Crippen molar-refractivity contribution in [3.8, 4) is 34.3 Å². The van der Waals surface area contributed by atoms with Gasteiger partial charge in [-0.15, -0.1) is 0 Å². The van der Waals surface area contributed by atoms with Gasteiger partial charge in [0.15, 0.2) is 17.3 Å². The normalized spacial score (nSPS) is 10.8. The van der Waals surface area contributed by atoms with E-state index in [2.05, 4.69) is 9.97 Å². The first-order valence-electron chi connectivity index (χ1n) is 9.51. The van der Waals surface area contributed by atoms with E-state index >= 15 is 0 Å². The zero-order valence-corrected chi connectivity index (χ0v) is 17.8. The molecule has 0 saturated heterocycles. The second-order valence-corrected chi connectivity index (χ2v) is 6.71. The minimum atomic E-state index is -0.584. The number of carbonyl (C=O) groups excluding carboxylic acids is 1. The second-order valence-electron chi connectivity index (χ2n) is 6.71. The fourth-order valence-corrected chi connectivity index (χ4v) is 3.44. The molecule has 9 heteroatoms. The molecule has 0 fully saturated rings. The highest BCUT2D eigenvalue weighted by Crippen LogP contribution is 2.40. The van der Waals surface area contributed by atoms with E-state index in [0.717, 1.165) is 0 Å². The maximum atomic E-state index is 13.7. The Morgan fingerprint density at radius 1 is 0.938 bits per heavy atom. The molecule has 4 aromatic rings. The molecule has 0 aliphatic carbocycles. The van der Waals surface area contributed by atoms with Crippen LogP contribution in [0.15, 0.2) is 51.8 Å². The molecule has 0 amide bonds. The van der Waals surface area contributed by atoms with Gasteiger partial charge in [0, 0.05) is 17.3 Å². The first kappa shape index (κ1) is 21.0. The first-order chi connectivity index (χ1) is 15.5. The Labute approximate surface area is 182 Å². The van der Waals surface area contributed by atoms with Crippen molar-refractivity contribution in [2.75, 3.05) is 28.4 Å². The number of nitrogens with one attached hydrogen (secondary N) is 1. The molecule has 0 aliphatic rings. The number of carbonyl (C=O) groups is 1. The number of benzene rings is 2. The van der Waals surface area contributed by atoms with Gasteiger partial charge in [-0.25, -0.2) is 9.78 Å². The summed E-state index contributed by atoms with van der Waals surface area (Å²) in [6.07, 6.45) is 1.32. The number of hydrogen-bond acceptors (Lipinski definition) is 8. The SMILES string of the molecule is COc1ccc(-c2oc3[nH]c(=O)ncc3c2C(=O)c2cc(OC)c(OC)c(OC)c2)cc1. The first-order valence-corrected chi connectivity index (χ1v) is 9.51. The van der Waals surface area contributed by atoms with Crippen LogP contribution in [-0.2, 0) is 0 Å². The Morgan fingerprint density at radius 2 is 1.59 bits per heavy atom. The fourth-order valence-electron chi connectivity index (χ4n) is 3.44. The molecular weight excluding hydrogens is 416 g/mol. The van der Waals surface area contributed by atoms with E-state index in [9.17, 15) is 9.59 Å². The Bertz CT molecular complexity index is 1330. The van der Waals surface area contributed by atoms with Crippen molar-refractivity contribution in [3.63, 3.8) is 0 Å². The molecule has 0 spiro atoms. The van der Waals surface area contributed by atoms with Crippen LogP contribution in [0.1, 0.15) is 15.9 Å². The zero-order chi connectivity index (χ0) is 22.8. The third-order valence-corrected chi connectivity index (χ3v) is 4.98. The van der Waals surface area contributed by atoms with Gasteiger partial charge in [-0.05, 0) is 36.4 Å². The average molecular weight is 436 g/mol. The molecule has 2 aromatic heterocycles. The Balaban J connectivity index is 1.95. The summed E-state index contributed by atoms with van der Waals surface area (Å²) in [6.45, 7) is 0. The average Bonchev–Trinajstić information content (AvgIpc) is 3.20. The molecule has 0 aliphatic heterocycles. The van der Waals surface area contributed by atoms with E-state index < -0.39 is 5.69 Å². The van der Waals surface area contributed by atoms with Crippen LogP contribution in [0.25, 0.3) is 22.4 Å². The van der Waals surface area contributed by atoms with Gasteiger partial charge in [-0.3, -0.25) is 9.78 Å². The van der Waals surface area contributed by atoms with Gasteiger partial charge in [0.05, 0.1) is 39.4 Å². The Kier molecular flexibility index (Phi) is 5.55. The van der Waals surface area contributed by atoms with E-state index in [-0.39, 0.29) is 28.4 Å². The Morgan fingerprint density at radius 3 is 2.16 bits per heavy atom. The molecule has 164 valence electrons. The fraction of sp³-hybridized carbons (Fsp3) is 0.174. The summed E-state index contributed by atoms with van der Waals surface area (Å²) in [4.78, 5) is 31.7. The van der Waals surface area contributed by atoms with Gasteiger partial charge in [-0.2, -0.15) is 0 Å². The van der Waals surface area contributed by atoms with Gasteiger partial charge < -0.3 is 23.4 Å². The van der Waals surface area contributed by atoms with Gasteiger partial charge in [0.2, 0.25) is 11.5 Å². The highest BCUT2D eigenvalue weighted by molar-refractivity contribution is 6.19. The lowest BCUT2D eigenvalue weighted by atomic mass is 9.97. The van der Waals surface area contributed by atoms with E-state index in [1.165, 1.54) is 27.5 Å². The molecule has 0 atom stereocenters. The molecule has 2 aromatic carbocycles. The van der Waals surface area contributed by atoms with Gasteiger partial charge in [0.1, 0.15) is 11.5 Å². The lowest BCUT2D eigenvalue weighted by Gasteiger charge is -2.14. The van der Waals surface area contributed by atoms with Crippen molar-refractivity contribution >= 4 is 16.9 Å². The predicted octanol–water partition coefficient (Wildman–Crippen LogP) is 3.45. The van der Waals surface area contributed by atoms with E-state index in [1.807, 2.05) is 0 Å². The van der Waals surface area contributed by atoms with Gasteiger partial charge in [-0.1, -0.05) is 0 Å². The van der Waals surface area contributed by atoms with Crippen molar-refractivity contribution in [2.45, 2.75) is 0 Å². The van der Waals surface area contributed by atoms with E-state index in [1.54, 1.807) is 43.5 Å². The molecule has 32 heavy (non-hydrogen) atoms. The largest absolute Gasteiger partial charge is 0.497 e. The Hall–Kier alpha value is -4.27. The number of fused-ring (bicyclic) bond motifs is 1. The molecule has 4 rings (SSSR count). The molecule has 1 N–H and O–H groups in total. The van der Waals surface area contributed by atoms with Crippen LogP contribution >= 0.6 is 0 Å². The van der Waals surface area contributed by atoms with E-state index in [4.69, 9.17) is 23.4 Å². The summed E-state index contributed by atoms with van der Waals surface area (Å²) in [5, 5.41) is 0.370. The van der Waals surface area contributed by atoms with Crippen molar-refractivity contribution in [1.82, 2.24) is 9.97 Å². The van der Waals surface area contributed by atoms with Gasteiger partial charge in [0.25, 0.3) is 0 Å². The summed E-state index contributed by atoms with van der Waals surface area (Å²) in [6, 6.07) is 10.1. The number of ether oxygens (including phenoxy) is 4. The van der Waals surface area contributed by atoms with Crippen LogP contribution in [0.2, 0.25) is 0 Å². The topological polar surface area (TPSA) is 113 Å². The van der Waals surface area contributed by atoms with Crippen LogP contribution in [-0.4, -0.2) is 44.2 Å². The number of aromatic amines is 1. The summed E-state index contributed by atoms with van der Waals surface area (Å²) in [7, 11) is 5.98. The highest BCUT2D eigenvalue weighted by Gasteiger charge is 2.26. The molecule has 0 bridgehead atoms. The number of rotatable bonds is 7. The maximum absolute atomic E-state index is 13.7. The second kappa shape index (κ2) is 8.46. The summed E-state index contributed by atoms with van der Waals surface area (Å²) in [5.74, 6) is 1.59. The number of methoxy groups -OCH3 is 4. The van der Waals surface area contributed by atoms with Crippen molar-refractivity contribution in [1.29, 1.82) is 0 Å². The smallest absolute Gasteiger partial charge is 0.347 e. The lowest BCUT2D eigenvalue weighted by molar-refractivity contribution is 0.103. The number of aromatic nitrogens is 2. The highest BCUT2D eigenvalue weighted by atomic mass is 16.5. The molecule has 0 unspecified atom stereocenters. The monoisotopic (exact) mass is 436 g/mol. The van der Waals surface area contributed by atoms with Crippen molar-refractivity contribution < 1.29 is 28.2 Å². The summed E-state index contributed by atoms with van der Waals surface area (Å²) >= 11 is 0. The number of ketones is 1. The molecule has 9 nitrogen and oxygen atoms in total. The maximum Gasteiger partial charge on any atom is 0.347 e. The standard InChI is InChI=1S/C23H20N2O7/c1-28-14-7-5-12(6-8-14)20-18(15-11-24-23(27)25-22(15)32-20)19(26)13-9-16(29-2)21(31-4)17(10-13)30-3/h5-11H,1-4H3,(H,24,25,27). The number of nitrogens with zero attached hydrogens (tertiary/aromatic N) is 1. The molecular formula is C23H20N2O7. The number of furan rings is 1. The van der Waals surface area contributed by atoms with Crippen LogP contribution in [0, 0.1) is 0 Å². The minimum absolute atomic E-state index is 0.145. The number of H-pyrrole nitrogens is 1. The zero-order valence-electron chi connectivity index (χ0n) is 17.8. The number of hydrogen-bond donors (Lipinski definition) is 1. The van der Waals surface area contributed by atoms with Crippen LogP contribution in [0.4, 0.5) is 0 Å². The third-order valence-electron chi connectivity index (χ3n) is 4.98. The van der Waals surface area contributed by atoms with Gasteiger partial charge >= 0.3 is 5.69 Å². The van der Waals surface area contributed by atoms with E-state index in [0.29, 0.717) is 33.9 Å². The van der Waals surface area contributed by atoms with Crippen LogP contribution < -0.4 is 24.6 Å².